The van der Waals surface area contributed by atoms with E-state index in [2.05, 4.69) is 53.7 Å². The van der Waals surface area contributed by atoms with E-state index in [1.807, 2.05) is 0 Å². The maximum absolute atomic E-state index is 5.95. The summed E-state index contributed by atoms with van der Waals surface area (Å²) in [6.45, 7) is 9.52. The van der Waals surface area contributed by atoms with Crippen LogP contribution in [0.2, 0.25) is 0 Å². The Kier molecular flexibility index (Phi) is 3.94. The normalized spacial score (nSPS) is 19.8. The van der Waals surface area contributed by atoms with E-state index in [4.69, 9.17) is 5.73 Å². The summed E-state index contributed by atoms with van der Waals surface area (Å²) >= 11 is 0. The fraction of sp³-hybridized carbons (Fsp3) is 0.714. The topological polar surface area (TPSA) is 58.3 Å². The summed E-state index contributed by atoms with van der Waals surface area (Å²) in [5, 5.41) is 0. The molecule has 0 spiro atoms. The van der Waals surface area contributed by atoms with Crippen molar-refractivity contribution in [3.8, 4) is 0 Å². The smallest absolute Gasteiger partial charge is 0.134 e. The highest BCUT2D eigenvalue weighted by atomic mass is 15.2. The predicted molar refractivity (Wildman–Crippen MR) is 79.6 cm³/mol. The van der Waals surface area contributed by atoms with Gasteiger partial charge in [-0.3, -0.25) is 0 Å². The van der Waals surface area contributed by atoms with Gasteiger partial charge in [0.05, 0.1) is 0 Å². The van der Waals surface area contributed by atoms with Crippen LogP contribution in [-0.4, -0.2) is 42.7 Å². The van der Waals surface area contributed by atoms with Crippen LogP contribution < -0.4 is 15.5 Å². The Bertz CT molecular complexity index is 426. The first-order valence-corrected chi connectivity index (χ1v) is 6.89. The third-order valence-corrected chi connectivity index (χ3v) is 3.29. The molecule has 0 amide bonds. The van der Waals surface area contributed by atoms with E-state index in [1.54, 1.807) is 6.33 Å². The Labute approximate surface area is 115 Å². The highest BCUT2D eigenvalue weighted by molar-refractivity contribution is 5.50. The average Bonchev–Trinajstić information content (AvgIpc) is 2.74. The van der Waals surface area contributed by atoms with E-state index in [0.717, 1.165) is 37.7 Å². The highest BCUT2D eigenvalue weighted by Crippen LogP contribution is 2.23. The largest absolute Gasteiger partial charge is 0.359 e. The molecular weight excluding hydrogens is 238 g/mol. The molecule has 1 aliphatic rings. The van der Waals surface area contributed by atoms with Crippen molar-refractivity contribution in [1.29, 1.82) is 0 Å². The van der Waals surface area contributed by atoms with E-state index in [-0.39, 0.29) is 11.5 Å². The van der Waals surface area contributed by atoms with Gasteiger partial charge in [0.1, 0.15) is 18.0 Å². The Balaban J connectivity index is 2.10. The van der Waals surface area contributed by atoms with Gasteiger partial charge < -0.3 is 15.5 Å². The van der Waals surface area contributed by atoms with Crippen LogP contribution in [0.25, 0.3) is 0 Å². The van der Waals surface area contributed by atoms with Crippen LogP contribution >= 0.6 is 0 Å². The van der Waals surface area contributed by atoms with E-state index in [1.165, 1.54) is 0 Å². The quantitative estimate of drug-likeness (QED) is 0.895. The van der Waals surface area contributed by atoms with Crippen molar-refractivity contribution in [3.05, 3.63) is 12.4 Å². The van der Waals surface area contributed by atoms with E-state index in [9.17, 15) is 0 Å². The molecule has 2 N–H and O–H groups in total. The number of rotatable bonds is 3. The molecule has 0 saturated carbocycles. The Morgan fingerprint density at radius 3 is 2.74 bits per heavy atom. The van der Waals surface area contributed by atoms with Crippen LogP contribution in [0.3, 0.4) is 0 Å². The van der Waals surface area contributed by atoms with Gasteiger partial charge in [-0.05, 0) is 11.8 Å². The summed E-state index contributed by atoms with van der Waals surface area (Å²) in [7, 11) is 2.08. The summed E-state index contributed by atoms with van der Waals surface area (Å²) < 4.78 is 0. The fourth-order valence-electron chi connectivity index (χ4n) is 2.51. The minimum absolute atomic E-state index is 0.246. The molecule has 1 unspecified atom stereocenters. The molecule has 1 fully saturated rings. The maximum Gasteiger partial charge on any atom is 0.134 e. The molecule has 1 aromatic heterocycles. The second kappa shape index (κ2) is 5.33. The SMILES string of the molecule is CN(CC(C)(C)C)c1cc(N2CCC(N)C2)ncn1. The molecule has 5 nitrogen and oxygen atoms in total. The predicted octanol–water partition coefficient (Wildman–Crippen LogP) is 1.50. The summed E-state index contributed by atoms with van der Waals surface area (Å²) in [6.07, 6.45) is 2.69. The van der Waals surface area contributed by atoms with Crippen molar-refractivity contribution in [1.82, 2.24) is 9.97 Å². The van der Waals surface area contributed by atoms with Crippen molar-refractivity contribution in [2.45, 2.75) is 33.2 Å². The summed E-state index contributed by atoms with van der Waals surface area (Å²) in [5.41, 5.74) is 6.19. The highest BCUT2D eigenvalue weighted by Gasteiger charge is 2.21. The van der Waals surface area contributed by atoms with Gasteiger partial charge in [0, 0.05) is 38.8 Å². The molecule has 2 heterocycles. The molecule has 0 radical (unpaired) electrons. The van der Waals surface area contributed by atoms with Gasteiger partial charge in [-0.15, -0.1) is 0 Å². The molecular formula is C14H25N5. The zero-order valence-corrected chi connectivity index (χ0v) is 12.4. The Morgan fingerprint density at radius 1 is 1.42 bits per heavy atom. The first kappa shape index (κ1) is 14.1. The maximum atomic E-state index is 5.95. The molecule has 1 aromatic rings. The zero-order valence-electron chi connectivity index (χ0n) is 12.4. The molecule has 5 heteroatoms. The van der Waals surface area contributed by atoms with Crippen LogP contribution in [0.4, 0.5) is 11.6 Å². The molecule has 1 aliphatic heterocycles. The lowest BCUT2D eigenvalue weighted by Crippen LogP contribution is -2.30. The number of nitrogens with zero attached hydrogens (tertiary/aromatic N) is 4. The fourth-order valence-corrected chi connectivity index (χ4v) is 2.51. The lowest BCUT2D eigenvalue weighted by atomic mass is 9.96. The second-order valence-electron chi connectivity index (χ2n) is 6.65. The Morgan fingerprint density at radius 2 is 2.16 bits per heavy atom. The van der Waals surface area contributed by atoms with Crippen molar-refractivity contribution < 1.29 is 0 Å². The number of hydrogen-bond donors (Lipinski definition) is 1. The summed E-state index contributed by atoms with van der Waals surface area (Å²) in [5.74, 6) is 1.96. The summed E-state index contributed by atoms with van der Waals surface area (Å²) in [4.78, 5) is 13.2. The third kappa shape index (κ3) is 3.80. The molecule has 2 rings (SSSR count). The average molecular weight is 263 g/mol. The standard InChI is InChI=1S/C14H25N5/c1-14(2,3)9-18(4)12-7-13(17-10-16-12)19-6-5-11(15)8-19/h7,10-11H,5-6,8-9,15H2,1-4H3. The van der Waals surface area contributed by atoms with Crippen molar-refractivity contribution in [2.24, 2.45) is 11.1 Å². The number of aromatic nitrogens is 2. The van der Waals surface area contributed by atoms with E-state index < -0.39 is 0 Å². The van der Waals surface area contributed by atoms with Gasteiger partial charge in [-0.2, -0.15) is 0 Å². The number of hydrogen-bond acceptors (Lipinski definition) is 5. The van der Waals surface area contributed by atoms with Gasteiger partial charge in [0.25, 0.3) is 0 Å². The lowest BCUT2D eigenvalue weighted by Gasteiger charge is -2.28. The lowest BCUT2D eigenvalue weighted by molar-refractivity contribution is 0.417. The minimum Gasteiger partial charge on any atom is -0.359 e. The minimum atomic E-state index is 0.246. The molecule has 1 saturated heterocycles. The first-order chi connectivity index (χ1) is 8.85. The van der Waals surface area contributed by atoms with Crippen LogP contribution in [0.5, 0.6) is 0 Å². The molecule has 1 atom stereocenters. The molecule has 106 valence electrons. The van der Waals surface area contributed by atoms with Crippen molar-refractivity contribution in [2.75, 3.05) is 36.5 Å². The van der Waals surface area contributed by atoms with E-state index >= 15 is 0 Å². The number of nitrogens with two attached hydrogens (primary N) is 1. The van der Waals surface area contributed by atoms with Crippen LogP contribution in [0.15, 0.2) is 12.4 Å². The van der Waals surface area contributed by atoms with Crippen LogP contribution in [0.1, 0.15) is 27.2 Å². The third-order valence-electron chi connectivity index (χ3n) is 3.29. The first-order valence-electron chi connectivity index (χ1n) is 6.89. The second-order valence-corrected chi connectivity index (χ2v) is 6.65. The molecule has 0 aromatic carbocycles. The van der Waals surface area contributed by atoms with E-state index in [0.29, 0.717) is 0 Å². The molecule has 0 aliphatic carbocycles. The Hall–Kier alpha value is -1.36. The van der Waals surface area contributed by atoms with Gasteiger partial charge in [-0.1, -0.05) is 20.8 Å². The van der Waals surface area contributed by atoms with Crippen molar-refractivity contribution >= 4 is 11.6 Å². The molecule has 0 bridgehead atoms. The van der Waals surface area contributed by atoms with Gasteiger partial charge >= 0.3 is 0 Å². The van der Waals surface area contributed by atoms with Crippen LogP contribution in [0, 0.1) is 5.41 Å². The van der Waals surface area contributed by atoms with Gasteiger partial charge in [-0.25, -0.2) is 9.97 Å². The van der Waals surface area contributed by atoms with Crippen LogP contribution in [-0.2, 0) is 0 Å². The molecule has 19 heavy (non-hydrogen) atoms. The zero-order chi connectivity index (χ0) is 14.0. The monoisotopic (exact) mass is 263 g/mol. The van der Waals surface area contributed by atoms with Crippen molar-refractivity contribution in [3.63, 3.8) is 0 Å². The number of anilines is 2. The van der Waals surface area contributed by atoms with Gasteiger partial charge in [0.15, 0.2) is 0 Å². The summed E-state index contributed by atoms with van der Waals surface area (Å²) in [6, 6.07) is 2.33. The van der Waals surface area contributed by atoms with Gasteiger partial charge in [0.2, 0.25) is 0 Å².